The third-order valence-electron chi connectivity index (χ3n) is 4.53. The summed E-state index contributed by atoms with van der Waals surface area (Å²) >= 11 is 0. The fraction of sp³-hybridized carbons (Fsp3) is 0.294. The number of fused-ring (bicyclic) bond motifs is 1. The van der Waals surface area contributed by atoms with Crippen LogP contribution < -0.4 is 4.90 Å². The zero-order valence-corrected chi connectivity index (χ0v) is 12.0. The van der Waals surface area contributed by atoms with Gasteiger partial charge in [0.25, 0.3) is 5.91 Å². The molecular weight excluding hydrogens is 280 g/mol. The minimum absolute atomic E-state index is 0.0980. The Morgan fingerprint density at radius 1 is 1.05 bits per heavy atom. The summed E-state index contributed by atoms with van der Waals surface area (Å²) in [6.07, 6.45) is 1.49. The van der Waals surface area contributed by atoms with Crippen LogP contribution in [-0.4, -0.2) is 36.3 Å². The monoisotopic (exact) mass is 296 g/mol. The van der Waals surface area contributed by atoms with Gasteiger partial charge < -0.3 is 14.2 Å². The zero-order valence-electron chi connectivity index (χ0n) is 12.0. The number of carbonyl (C=O) groups is 2. The van der Waals surface area contributed by atoms with Gasteiger partial charge in [-0.05, 0) is 24.3 Å². The van der Waals surface area contributed by atoms with E-state index in [2.05, 4.69) is 0 Å². The highest BCUT2D eigenvalue weighted by Gasteiger charge is 2.48. The summed E-state index contributed by atoms with van der Waals surface area (Å²) in [6.45, 7) is 1.76. The van der Waals surface area contributed by atoms with E-state index in [4.69, 9.17) is 4.42 Å². The number of benzene rings is 1. The number of rotatable bonds is 2. The van der Waals surface area contributed by atoms with Crippen molar-refractivity contribution in [2.75, 3.05) is 24.5 Å². The van der Waals surface area contributed by atoms with E-state index in [1.165, 1.54) is 6.26 Å². The van der Waals surface area contributed by atoms with Crippen LogP contribution in [0.1, 0.15) is 10.6 Å². The molecule has 2 saturated heterocycles. The Kier molecular flexibility index (Phi) is 2.99. The van der Waals surface area contributed by atoms with Gasteiger partial charge in [0.15, 0.2) is 5.76 Å². The molecule has 1 aromatic heterocycles. The largest absolute Gasteiger partial charge is 0.459 e. The molecule has 5 nitrogen and oxygen atoms in total. The number of likely N-dealkylation sites (tertiary alicyclic amines) is 1. The fourth-order valence-corrected chi connectivity index (χ4v) is 3.42. The molecule has 0 unspecified atom stereocenters. The maximum absolute atomic E-state index is 12.6. The topological polar surface area (TPSA) is 53.8 Å². The number of anilines is 1. The van der Waals surface area contributed by atoms with Gasteiger partial charge in [0.1, 0.15) is 0 Å². The molecule has 2 amide bonds. The van der Waals surface area contributed by atoms with Gasteiger partial charge in [0.2, 0.25) is 5.91 Å². The molecule has 0 radical (unpaired) electrons. The maximum Gasteiger partial charge on any atom is 0.289 e. The molecule has 2 atom stereocenters. The summed E-state index contributed by atoms with van der Waals surface area (Å²) in [5.74, 6) is 0.433. The second-order valence-electron chi connectivity index (χ2n) is 5.84. The number of hydrogen-bond acceptors (Lipinski definition) is 3. The highest BCUT2D eigenvalue weighted by atomic mass is 16.3. The summed E-state index contributed by atoms with van der Waals surface area (Å²) in [4.78, 5) is 28.5. The molecule has 22 heavy (non-hydrogen) atoms. The van der Waals surface area contributed by atoms with E-state index in [0.717, 1.165) is 5.69 Å². The van der Waals surface area contributed by atoms with Crippen LogP contribution in [0.25, 0.3) is 0 Å². The standard InChI is InChI=1S/C17H16N2O3/c20-16-14-11-18(17(21)15-7-4-8-22-15)9-12(14)10-19(16)13-5-2-1-3-6-13/h1-8,12,14H,9-11H2/t12-,14+/m1/s1. The maximum atomic E-state index is 12.6. The molecule has 5 heteroatoms. The summed E-state index contributed by atoms with van der Waals surface area (Å²) in [5, 5.41) is 0. The normalized spacial score (nSPS) is 23.9. The number of carbonyl (C=O) groups excluding carboxylic acids is 2. The number of furan rings is 1. The van der Waals surface area contributed by atoms with Crippen molar-refractivity contribution < 1.29 is 14.0 Å². The Morgan fingerprint density at radius 3 is 2.55 bits per heavy atom. The highest BCUT2D eigenvalue weighted by molar-refractivity contribution is 5.99. The fourth-order valence-electron chi connectivity index (χ4n) is 3.42. The molecule has 0 bridgehead atoms. The third-order valence-corrected chi connectivity index (χ3v) is 4.53. The molecular formula is C17H16N2O3. The molecule has 0 saturated carbocycles. The van der Waals surface area contributed by atoms with Crippen LogP contribution in [-0.2, 0) is 4.79 Å². The Hall–Kier alpha value is -2.56. The van der Waals surface area contributed by atoms with Crippen LogP contribution in [0.2, 0.25) is 0 Å². The van der Waals surface area contributed by atoms with Gasteiger partial charge in [-0.25, -0.2) is 0 Å². The van der Waals surface area contributed by atoms with E-state index in [0.29, 0.717) is 25.4 Å². The van der Waals surface area contributed by atoms with Crippen LogP contribution in [0.3, 0.4) is 0 Å². The quantitative estimate of drug-likeness (QED) is 0.852. The highest BCUT2D eigenvalue weighted by Crippen LogP contribution is 2.35. The minimum atomic E-state index is -0.126. The van der Waals surface area contributed by atoms with E-state index in [-0.39, 0.29) is 23.7 Å². The first kappa shape index (κ1) is 13.1. The first-order chi connectivity index (χ1) is 10.7. The van der Waals surface area contributed by atoms with E-state index in [1.54, 1.807) is 17.0 Å². The van der Waals surface area contributed by atoms with Crippen LogP contribution in [0.5, 0.6) is 0 Å². The second-order valence-corrected chi connectivity index (χ2v) is 5.84. The van der Waals surface area contributed by atoms with Gasteiger partial charge in [-0.1, -0.05) is 18.2 Å². The van der Waals surface area contributed by atoms with E-state index < -0.39 is 0 Å². The van der Waals surface area contributed by atoms with Gasteiger partial charge in [-0.15, -0.1) is 0 Å². The first-order valence-electron chi connectivity index (χ1n) is 7.43. The molecule has 0 spiro atoms. The Morgan fingerprint density at radius 2 is 1.86 bits per heavy atom. The second kappa shape index (κ2) is 5.02. The molecule has 0 aliphatic carbocycles. The predicted molar refractivity (Wildman–Crippen MR) is 80.4 cm³/mol. The molecule has 1 aromatic carbocycles. The van der Waals surface area contributed by atoms with Gasteiger partial charge in [-0.2, -0.15) is 0 Å². The SMILES string of the molecule is O=C(c1ccco1)N1C[C@@H]2CN(c3ccccc3)C(=O)[C@H]2C1. The molecule has 4 rings (SSSR count). The van der Waals surface area contributed by atoms with E-state index >= 15 is 0 Å². The first-order valence-corrected chi connectivity index (χ1v) is 7.43. The summed E-state index contributed by atoms with van der Waals surface area (Å²) in [7, 11) is 0. The van der Waals surface area contributed by atoms with Crippen LogP contribution >= 0.6 is 0 Å². The van der Waals surface area contributed by atoms with Crippen molar-refractivity contribution in [2.45, 2.75) is 0 Å². The summed E-state index contributed by atoms with van der Waals surface area (Å²) < 4.78 is 5.16. The molecule has 2 fully saturated rings. The summed E-state index contributed by atoms with van der Waals surface area (Å²) in [5.41, 5.74) is 0.936. The average molecular weight is 296 g/mol. The van der Waals surface area contributed by atoms with Crippen molar-refractivity contribution in [3.8, 4) is 0 Å². The van der Waals surface area contributed by atoms with Gasteiger partial charge in [0, 0.05) is 31.2 Å². The molecule has 2 aliphatic rings. The molecule has 2 aromatic rings. The smallest absolute Gasteiger partial charge is 0.289 e. The van der Waals surface area contributed by atoms with Crippen molar-refractivity contribution in [1.82, 2.24) is 4.90 Å². The lowest BCUT2D eigenvalue weighted by Crippen LogP contribution is -2.35. The third kappa shape index (κ3) is 2.01. The Bertz CT molecular complexity index is 696. The van der Waals surface area contributed by atoms with Gasteiger partial charge in [0.05, 0.1) is 12.2 Å². The lowest BCUT2D eigenvalue weighted by atomic mass is 10.0. The van der Waals surface area contributed by atoms with Crippen LogP contribution in [0, 0.1) is 11.8 Å². The number of para-hydroxylation sites is 1. The lowest BCUT2D eigenvalue weighted by Gasteiger charge is -2.21. The number of hydrogen-bond donors (Lipinski definition) is 0. The minimum Gasteiger partial charge on any atom is -0.459 e. The van der Waals surface area contributed by atoms with Gasteiger partial charge >= 0.3 is 0 Å². The van der Waals surface area contributed by atoms with Crippen molar-refractivity contribution in [3.05, 3.63) is 54.5 Å². The molecule has 3 heterocycles. The van der Waals surface area contributed by atoms with Crippen molar-refractivity contribution in [2.24, 2.45) is 11.8 Å². The van der Waals surface area contributed by atoms with Crippen LogP contribution in [0.4, 0.5) is 5.69 Å². The van der Waals surface area contributed by atoms with E-state index in [1.807, 2.05) is 35.2 Å². The summed E-state index contributed by atoms with van der Waals surface area (Å²) in [6, 6.07) is 13.1. The van der Waals surface area contributed by atoms with Crippen molar-refractivity contribution in [3.63, 3.8) is 0 Å². The Labute approximate surface area is 128 Å². The average Bonchev–Trinajstić information content (AvgIpc) is 3.25. The van der Waals surface area contributed by atoms with Crippen LogP contribution in [0.15, 0.2) is 53.1 Å². The van der Waals surface area contributed by atoms with Crippen molar-refractivity contribution in [1.29, 1.82) is 0 Å². The molecule has 0 N–H and O–H groups in total. The zero-order chi connectivity index (χ0) is 15.1. The number of amides is 2. The predicted octanol–water partition coefficient (Wildman–Crippen LogP) is 2.01. The van der Waals surface area contributed by atoms with Crippen molar-refractivity contribution >= 4 is 17.5 Å². The molecule has 112 valence electrons. The van der Waals surface area contributed by atoms with Gasteiger partial charge in [-0.3, -0.25) is 9.59 Å². The Balaban J connectivity index is 1.50. The lowest BCUT2D eigenvalue weighted by molar-refractivity contribution is -0.120. The van der Waals surface area contributed by atoms with E-state index in [9.17, 15) is 9.59 Å². The molecule has 2 aliphatic heterocycles. The number of nitrogens with zero attached hydrogens (tertiary/aromatic N) is 2.